The predicted molar refractivity (Wildman–Crippen MR) is 118 cm³/mol. The van der Waals surface area contributed by atoms with Crippen LogP contribution in [0, 0.1) is 18.1 Å². The zero-order valence-electron chi connectivity index (χ0n) is 18.4. The number of hydrogen-bond donors (Lipinski definition) is 3. The number of ether oxygens (including phenoxy) is 1. The topological polar surface area (TPSA) is 122 Å². The lowest BCUT2D eigenvalue weighted by Gasteiger charge is -2.41. The van der Waals surface area contributed by atoms with Gasteiger partial charge in [0.25, 0.3) is 0 Å². The summed E-state index contributed by atoms with van der Waals surface area (Å²) in [7, 11) is 1.57. The third-order valence-corrected chi connectivity index (χ3v) is 6.15. The van der Waals surface area contributed by atoms with Gasteiger partial charge in [0.05, 0.1) is 13.2 Å². The van der Waals surface area contributed by atoms with Crippen LogP contribution in [0.3, 0.4) is 0 Å². The molecule has 2 aromatic rings. The lowest BCUT2D eigenvalue weighted by molar-refractivity contribution is -0.188. The van der Waals surface area contributed by atoms with E-state index in [1.807, 2.05) is 6.07 Å². The van der Waals surface area contributed by atoms with Crippen molar-refractivity contribution < 1.29 is 34.9 Å². The normalized spacial score (nSPS) is 20.2. The number of aliphatic hydroxyl groups is 1. The van der Waals surface area contributed by atoms with Crippen LogP contribution in [-0.2, 0) is 22.6 Å². The van der Waals surface area contributed by atoms with Gasteiger partial charge in [0.1, 0.15) is 11.4 Å². The van der Waals surface area contributed by atoms with E-state index in [9.17, 15) is 9.90 Å². The van der Waals surface area contributed by atoms with E-state index >= 15 is 0 Å². The lowest BCUT2D eigenvalue weighted by Crippen LogP contribution is -2.51. The summed E-state index contributed by atoms with van der Waals surface area (Å²) in [4.78, 5) is 25.8. The maximum absolute atomic E-state index is 12.9. The average Bonchev–Trinajstić information content (AvgIpc) is 2.87. The van der Waals surface area contributed by atoms with Gasteiger partial charge in [-0.05, 0) is 55.6 Å². The van der Waals surface area contributed by atoms with Crippen LogP contribution in [0.15, 0.2) is 42.6 Å². The number of aromatic nitrogens is 1. The SMILES string of the molecule is COc1cccnc1C(=O)C1CCN(C2Cc3ccccc3CC2O)CC1.OOC#COO. The third-order valence-electron chi connectivity index (χ3n) is 6.15. The van der Waals surface area contributed by atoms with Crippen LogP contribution in [-0.4, -0.2) is 63.6 Å². The van der Waals surface area contributed by atoms with Gasteiger partial charge in [-0.1, -0.05) is 24.3 Å². The summed E-state index contributed by atoms with van der Waals surface area (Å²) in [5.74, 6) is 0.587. The Bertz CT molecular complexity index is 972. The number of carbonyl (C=O) groups is 1. The molecule has 9 nitrogen and oxygen atoms in total. The van der Waals surface area contributed by atoms with Gasteiger partial charge in [-0.15, -0.1) is 0 Å². The van der Waals surface area contributed by atoms with Crippen molar-refractivity contribution in [3.8, 4) is 18.0 Å². The highest BCUT2D eigenvalue weighted by Gasteiger charge is 2.35. The van der Waals surface area contributed by atoms with Crippen LogP contribution in [0.5, 0.6) is 5.75 Å². The van der Waals surface area contributed by atoms with Crippen LogP contribution in [0.2, 0.25) is 0 Å². The fraction of sp³-hybridized carbons (Fsp3) is 0.417. The summed E-state index contributed by atoms with van der Waals surface area (Å²) >= 11 is 0. The van der Waals surface area contributed by atoms with E-state index in [-0.39, 0.29) is 23.8 Å². The molecule has 0 bridgehead atoms. The molecular formula is C24H28N2O7. The Morgan fingerprint density at radius 3 is 2.27 bits per heavy atom. The minimum atomic E-state index is -0.344. The first-order chi connectivity index (χ1) is 16.1. The van der Waals surface area contributed by atoms with Gasteiger partial charge >= 0.3 is 0 Å². The molecule has 0 saturated carbocycles. The van der Waals surface area contributed by atoms with E-state index in [4.69, 9.17) is 15.3 Å². The molecule has 2 unspecified atom stereocenters. The van der Waals surface area contributed by atoms with E-state index < -0.39 is 0 Å². The number of piperidine rings is 1. The molecular weight excluding hydrogens is 428 g/mol. The number of ketones is 1. The molecule has 1 aliphatic heterocycles. The second-order valence-electron chi connectivity index (χ2n) is 7.93. The van der Waals surface area contributed by atoms with Crippen LogP contribution in [0.25, 0.3) is 0 Å². The molecule has 176 valence electrons. The third kappa shape index (κ3) is 6.21. The number of fused-ring (bicyclic) bond motifs is 1. The molecule has 1 aromatic carbocycles. The molecule has 0 spiro atoms. The monoisotopic (exact) mass is 456 g/mol. The first-order valence-corrected chi connectivity index (χ1v) is 10.7. The molecule has 1 fully saturated rings. The Kier molecular flexibility index (Phi) is 9.04. The van der Waals surface area contributed by atoms with E-state index in [1.165, 1.54) is 23.3 Å². The standard InChI is InChI=1S/C22H26N2O3.C2H2O4/c1-27-20-7-4-10-23-21(20)22(26)15-8-11-24(12-9-15)18-13-16-5-2-3-6-17(16)14-19(18)25;3-5-1-2-6-4/h2-7,10,15,18-19,25H,8-9,11-14H2,1H3;3-4H. The highest BCUT2D eigenvalue weighted by Crippen LogP contribution is 2.30. The number of benzene rings is 1. The molecule has 0 amide bonds. The fourth-order valence-electron chi connectivity index (χ4n) is 4.52. The van der Waals surface area contributed by atoms with Crippen LogP contribution in [0.1, 0.15) is 34.5 Å². The van der Waals surface area contributed by atoms with Crippen LogP contribution >= 0.6 is 0 Å². The molecule has 9 heteroatoms. The van der Waals surface area contributed by atoms with Crippen molar-refractivity contribution in [2.45, 2.75) is 37.8 Å². The average molecular weight is 456 g/mol. The summed E-state index contributed by atoms with van der Waals surface area (Å²) < 4.78 is 5.29. The Morgan fingerprint density at radius 2 is 1.67 bits per heavy atom. The molecule has 3 N–H and O–H groups in total. The molecule has 2 atom stereocenters. The molecule has 2 aliphatic rings. The minimum Gasteiger partial charge on any atom is -0.494 e. The highest BCUT2D eigenvalue weighted by atomic mass is 17.1. The summed E-state index contributed by atoms with van der Waals surface area (Å²) in [5, 5.41) is 25.3. The highest BCUT2D eigenvalue weighted by molar-refractivity contribution is 5.98. The van der Waals surface area contributed by atoms with E-state index in [0.29, 0.717) is 17.9 Å². The molecule has 1 aromatic heterocycles. The van der Waals surface area contributed by atoms with Gasteiger partial charge in [-0.2, -0.15) is 10.5 Å². The fourth-order valence-corrected chi connectivity index (χ4v) is 4.52. The largest absolute Gasteiger partial charge is 0.494 e. The minimum absolute atomic E-state index is 0.0296. The maximum Gasteiger partial charge on any atom is 0.204 e. The molecule has 1 saturated heterocycles. The van der Waals surface area contributed by atoms with E-state index in [1.54, 1.807) is 25.4 Å². The summed E-state index contributed by atoms with van der Waals surface area (Å²) in [5.41, 5.74) is 3.03. The molecule has 0 radical (unpaired) electrons. The number of nitrogens with zero attached hydrogens (tertiary/aromatic N) is 2. The van der Waals surface area contributed by atoms with Crippen molar-refractivity contribution in [1.29, 1.82) is 0 Å². The first kappa shape index (κ1) is 24.5. The first-order valence-electron chi connectivity index (χ1n) is 10.7. The number of hydrogen-bond acceptors (Lipinski definition) is 9. The zero-order chi connectivity index (χ0) is 23.6. The number of aliphatic hydroxyl groups excluding tert-OH is 1. The van der Waals surface area contributed by atoms with Crippen molar-refractivity contribution in [3.63, 3.8) is 0 Å². The molecule has 1 aliphatic carbocycles. The van der Waals surface area contributed by atoms with Crippen molar-refractivity contribution in [3.05, 3.63) is 59.4 Å². The van der Waals surface area contributed by atoms with Crippen molar-refractivity contribution in [2.75, 3.05) is 20.2 Å². The second kappa shape index (κ2) is 12.2. The number of likely N-dealkylation sites (tertiary alicyclic amines) is 1. The van der Waals surface area contributed by atoms with Crippen LogP contribution < -0.4 is 4.74 Å². The van der Waals surface area contributed by atoms with Gasteiger partial charge < -0.3 is 9.84 Å². The smallest absolute Gasteiger partial charge is 0.204 e. The van der Waals surface area contributed by atoms with Gasteiger partial charge in [-0.25, -0.2) is 4.98 Å². The number of carbonyl (C=O) groups excluding carboxylic acids is 1. The summed E-state index contributed by atoms with van der Waals surface area (Å²) in [6, 6.07) is 12.1. The lowest BCUT2D eigenvalue weighted by atomic mass is 9.83. The van der Waals surface area contributed by atoms with Gasteiger partial charge in [-0.3, -0.25) is 19.5 Å². The van der Waals surface area contributed by atoms with Crippen molar-refractivity contribution in [2.24, 2.45) is 5.92 Å². The Morgan fingerprint density at radius 1 is 1.03 bits per heavy atom. The molecule has 2 heterocycles. The number of Topliss-reactive ketones (excluding diaryl/α,β-unsaturated/α-hetero) is 1. The zero-order valence-corrected chi connectivity index (χ0v) is 18.4. The van der Waals surface area contributed by atoms with Crippen molar-refractivity contribution in [1.82, 2.24) is 9.88 Å². The Hall–Kier alpha value is -3.16. The predicted octanol–water partition coefficient (Wildman–Crippen LogP) is 2.40. The van der Waals surface area contributed by atoms with Crippen LogP contribution in [0.4, 0.5) is 0 Å². The molecule has 4 rings (SSSR count). The van der Waals surface area contributed by atoms with Crippen molar-refractivity contribution >= 4 is 5.78 Å². The maximum atomic E-state index is 12.9. The second-order valence-corrected chi connectivity index (χ2v) is 7.93. The number of methoxy groups -OCH3 is 1. The summed E-state index contributed by atoms with van der Waals surface area (Å²) in [6.07, 6.45) is 7.54. The van der Waals surface area contributed by atoms with E-state index in [2.05, 4.69) is 37.9 Å². The number of pyridine rings is 1. The Labute approximate surface area is 192 Å². The summed E-state index contributed by atoms with van der Waals surface area (Å²) in [6.45, 7) is 1.66. The van der Waals surface area contributed by atoms with Gasteiger partial charge in [0.2, 0.25) is 12.2 Å². The number of rotatable bonds is 4. The van der Waals surface area contributed by atoms with Gasteiger partial charge in [0.15, 0.2) is 5.78 Å². The Balaban J connectivity index is 0.000000454. The molecule has 33 heavy (non-hydrogen) atoms. The van der Waals surface area contributed by atoms with Gasteiger partial charge in [0, 0.05) is 24.6 Å². The quantitative estimate of drug-likeness (QED) is 0.275. The van der Waals surface area contributed by atoms with E-state index in [0.717, 1.165) is 32.4 Å².